The molecule has 0 aliphatic heterocycles. The van der Waals surface area contributed by atoms with Gasteiger partial charge in [-0.25, -0.2) is 0 Å². The highest BCUT2D eigenvalue weighted by Gasteiger charge is 2.21. The molecule has 2 N–H and O–H groups in total. The van der Waals surface area contributed by atoms with E-state index in [4.69, 9.17) is 9.79 Å². The van der Waals surface area contributed by atoms with Gasteiger partial charge in [0.1, 0.15) is 0 Å². The Hall–Kier alpha value is -0.890. The van der Waals surface area contributed by atoms with Crippen molar-refractivity contribution < 1.29 is 14.4 Å². The molecule has 98 valence electrons. The Morgan fingerprint density at radius 1 is 1.11 bits per heavy atom. The van der Waals surface area contributed by atoms with Crippen LogP contribution in [0.15, 0.2) is 30.8 Å². The summed E-state index contributed by atoms with van der Waals surface area (Å²) >= 11 is 0. The van der Waals surface area contributed by atoms with Crippen molar-refractivity contribution in [1.82, 2.24) is 0 Å². The summed E-state index contributed by atoms with van der Waals surface area (Å²) in [5, 5.41) is -0.0994. The van der Waals surface area contributed by atoms with E-state index in [0.29, 0.717) is 11.5 Å². The molecule has 2 rings (SSSR count). The van der Waals surface area contributed by atoms with Gasteiger partial charge in [-0.3, -0.25) is 4.57 Å². The highest BCUT2D eigenvalue weighted by Crippen LogP contribution is 2.49. The van der Waals surface area contributed by atoms with Crippen molar-refractivity contribution in [2.45, 2.75) is 38.0 Å². The first-order valence-electron chi connectivity index (χ1n) is 6.34. The van der Waals surface area contributed by atoms with Crippen molar-refractivity contribution in [3.63, 3.8) is 0 Å². The van der Waals surface area contributed by atoms with Crippen molar-refractivity contribution in [3.05, 3.63) is 42.0 Å². The van der Waals surface area contributed by atoms with E-state index >= 15 is 0 Å². The average Bonchev–Trinajstić information content (AvgIpc) is 2.38. The van der Waals surface area contributed by atoms with Gasteiger partial charge in [0.2, 0.25) is 0 Å². The molecule has 0 unspecified atom stereocenters. The van der Waals surface area contributed by atoms with Gasteiger partial charge in [-0.05, 0) is 29.9 Å². The van der Waals surface area contributed by atoms with Crippen LogP contribution in [-0.2, 0) is 4.57 Å². The minimum absolute atomic E-state index is 0.0994. The molecule has 18 heavy (non-hydrogen) atoms. The lowest BCUT2D eigenvalue weighted by molar-refractivity contribution is 0.388. The first kappa shape index (κ1) is 13.5. The van der Waals surface area contributed by atoms with Crippen LogP contribution in [0.5, 0.6) is 0 Å². The molecular weight excluding hydrogens is 247 g/mol. The van der Waals surface area contributed by atoms with Gasteiger partial charge in [0.05, 0.1) is 5.31 Å². The Morgan fingerprint density at radius 3 is 2.17 bits per heavy atom. The van der Waals surface area contributed by atoms with Crippen LogP contribution in [0.2, 0.25) is 0 Å². The fraction of sp³-hybridized carbons (Fsp3) is 0.429. The van der Waals surface area contributed by atoms with Gasteiger partial charge in [0.15, 0.2) is 0 Å². The minimum Gasteiger partial charge on any atom is -0.321 e. The fourth-order valence-corrected chi connectivity index (χ4v) is 3.04. The summed E-state index contributed by atoms with van der Waals surface area (Å²) in [4.78, 5) is 18.1. The second kappa shape index (κ2) is 5.40. The molecule has 4 heteroatoms. The number of hydrogen-bond donors (Lipinski definition) is 2. The van der Waals surface area contributed by atoms with Crippen LogP contribution >= 0.6 is 7.60 Å². The van der Waals surface area contributed by atoms with Gasteiger partial charge in [0.25, 0.3) is 0 Å². The molecular formula is C14H19O3P. The SMILES string of the molecule is C=C(c1ccc(C2CCCCC2)cc1)P(=O)(O)O. The molecule has 1 aliphatic rings. The smallest absolute Gasteiger partial charge is 0.321 e. The van der Waals surface area contributed by atoms with Crippen molar-refractivity contribution in [3.8, 4) is 0 Å². The molecule has 0 bridgehead atoms. The van der Waals surface area contributed by atoms with Gasteiger partial charge in [-0.1, -0.05) is 50.1 Å². The summed E-state index contributed by atoms with van der Waals surface area (Å²) in [5.41, 5.74) is 1.81. The predicted molar refractivity (Wildman–Crippen MR) is 73.3 cm³/mol. The Morgan fingerprint density at radius 2 is 1.67 bits per heavy atom. The van der Waals surface area contributed by atoms with E-state index in [1.807, 2.05) is 12.1 Å². The Labute approximate surface area is 108 Å². The van der Waals surface area contributed by atoms with Crippen molar-refractivity contribution in [2.24, 2.45) is 0 Å². The highest BCUT2D eigenvalue weighted by molar-refractivity contribution is 7.63. The number of rotatable bonds is 3. The van der Waals surface area contributed by atoms with Crippen LogP contribution in [0.25, 0.3) is 5.31 Å². The van der Waals surface area contributed by atoms with E-state index in [9.17, 15) is 4.57 Å². The third-order valence-corrected chi connectivity index (χ3v) is 4.63. The minimum atomic E-state index is -4.22. The second-order valence-electron chi connectivity index (χ2n) is 4.95. The van der Waals surface area contributed by atoms with Crippen LogP contribution in [0, 0.1) is 0 Å². The molecule has 1 aromatic carbocycles. The van der Waals surface area contributed by atoms with E-state index in [2.05, 4.69) is 6.58 Å². The third kappa shape index (κ3) is 3.11. The lowest BCUT2D eigenvalue weighted by Gasteiger charge is -2.22. The standard InChI is InChI=1S/C14H19O3P/c1-11(18(15,16)17)12-7-9-14(10-8-12)13-5-3-2-4-6-13/h7-10,13H,1-6H2,(H2,15,16,17). The summed E-state index contributed by atoms with van der Waals surface area (Å²) in [6.45, 7) is 3.48. The largest absolute Gasteiger partial charge is 0.356 e. The summed E-state index contributed by atoms with van der Waals surface area (Å²) in [6, 6.07) is 7.50. The summed E-state index contributed by atoms with van der Waals surface area (Å²) in [5.74, 6) is 0.608. The van der Waals surface area contributed by atoms with Crippen LogP contribution in [-0.4, -0.2) is 9.79 Å². The van der Waals surface area contributed by atoms with Gasteiger partial charge in [0, 0.05) is 0 Å². The lowest BCUT2D eigenvalue weighted by atomic mass is 9.84. The van der Waals surface area contributed by atoms with Crippen LogP contribution in [0.3, 0.4) is 0 Å². The maximum atomic E-state index is 11.1. The number of hydrogen-bond acceptors (Lipinski definition) is 1. The molecule has 0 radical (unpaired) electrons. The van der Waals surface area contributed by atoms with Crippen LogP contribution in [0.4, 0.5) is 0 Å². The second-order valence-corrected chi connectivity index (χ2v) is 6.58. The topological polar surface area (TPSA) is 57.5 Å². The van der Waals surface area contributed by atoms with Crippen molar-refractivity contribution >= 4 is 12.9 Å². The Balaban J connectivity index is 2.14. The zero-order chi connectivity index (χ0) is 13.2. The molecule has 1 fully saturated rings. The summed E-state index contributed by atoms with van der Waals surface area (Å²) in [7, 11) is -4.22. The quantitative estimate of drug-likeness (QED) is 0.816. The monoisotopic (exact) mass is 266 g/mol. The Kier molecular flexibility index (Phi) is 4.06. The summed E-state index contributed by atoms with van der Waals surface area (Å²) < 4.78 is 11.1. The molecule has 0 spiro atoms. The molecule has 0 amide bonds. The molecule has 1 saturated carbocycles. The predicted octanol–water partition coefficient (Wildman–Crippen LogP) is 3.88. The zero-order valence-electron chi connectivity index (χ0n) is 10.4. The van der Waals surface area contributed by atoms with Gasteiger partial charge in [-0.15, -0.1) is 0 Å². The Bertz CT molecular complexity index is 466. The molecule has 0 saturated heterocycles. The maximum absolute atomic E-state index is 11.1. The van der Waals surface area contributed by atoms with Crippen molar-refractivity contribution in [2.75, 3.05) is 0 Å². The van der Waals surface area contributed by atoms with E-state index in [-0.39, 0.29) is 5.31 Å². The number of benzene rings is 1. The first-order valence-corrected chi connectivity index (χ1v) is 7.95. The van der Waals surface area contributed by atoms with E-state index in [1.165, 1.54) is 37.7 Å². The van der Waals surface area contributed by atoms with Crippen LogP contribution < -0.4 is 0 Å². The van der Waals surface area contributed by atoms with E-state index in [1.54, 1.807) is 12.1 Å². The van der Waals surface area contributed by atoms with E-state index in [0.717, 1.165) is 0 Å². The molecule has 0 heterocycles. The first-order chi connectivity index (χ1) is 8.48. The average molecular weight is 266 g/mol. The maximum Gasteiger partial charge on any atom is 0.356 e. The van der Waals surface area contributed by atoms with Crippen LogP contribution in [0.1, 0.15) is 49.1 Å². The third-order valence-electron chi connectivity index (χ3n) is 3.67. The molecule has 1 aliphatic carbocycles. The van der Waals surface area contributed by atoms with Crippen molar-refractivity contribution in [1.29, 1.82) is 0 Å². The fourth-order valence-electron chi connectivity index (χ4n) is 2.55. The molecule has 3 nitrogen and oxygen atoms in total. The highest BCUT2D eigenvalue weighted by atomic mass is 31.2. The molecule has 1 aromatic rings. The van der Waals surface area contributed by atoms with Gasteiger partial charge < -0.3 is 9.79 Å². The van der Waals surface area contributed by atoms with Gasteiger partial charge >= 0.3 is 7.60 Å². The molecule has 0 aromatic heterocycles. The van der Waals surface area contributed by atoms with E-state index < -0.39 is 7.60 Å². The van der Waals surface area contributed by atoms with Gasteiger partial charge in [-0.2, -0.15) is 0 Å². The lowest BCUT2D eigenvalue weighted by Crippen LogP contribution is -2.04. The normalized spacial score (nSPS) is 17.7. The zero-order valence-corrected chi connectivity index (χ0v) is 11.3. The summed E-state index contributed by atoms with van der Waals surface area (Å²) in [6.07, 6.45) is 6.32. The molecule has 0 atom stereocenters.